The minimum atomic E-state index is -0.433. The van der Waals surface area contributed by atoms with E-state index >= 15 is 0 Å². The Hall–Kier alpha value is -2.32. The van der Waals surface area contributed by atoms with Gasteiger partial charge < -0.3 is 9.47 Å². The molecule has 0 bridgehead atoms. The van der Waals surface area contributed by atoms with Gasteiger partial charge in [0.25, 0.3) is 0 Å². The van der Waals surface area contributed by atoms with E-state index in [2.05, 4.69) is 15.9 Å². The molecule has 118 valence electrons. The first-order chi connectivity index (χ1) is 11.1. The summed E-state index contributed by atoms with van der Waals surface area (Å²) in [4.78, 5) is 0. The van der Waals surface area contributed by atoms with Gasteiger partial charge in [-0.15, -0.1) is 0 Å². The Kier molecular flexibility index (Phi) is 5.78. The van der Waals surface area contributed by atoms with Gasteiger partial charge in [-0.1, -0.05) is 18.2 Å². The van der Waals surface area contributed by atoms with Gasteiger partial charge in [-0.2, -0.15) is 5.26 Å². The Morgan fingerprint density at radius 2 is 2.09 bits per heavy atom. The molecule has 0 aliphatic heterocycles. The SMILES string of the molecule is CCOc1c(Br)cc(/C=C(/C#N)c2ccccc2F)cc1OC. The van der Waals surface area contributed by atoms with Crippen LogP contribution in [0.3, 0.4) is 0 Å². The lowest BCUT2D eigenvalue weighted by molar-refractivity contribution is 0.309. The average Bonchev–Trinajstić information content (AvgIpc) is 2.55. The highest BCUT2D eigenvalue weighted by Crippen LogP contribution is 2.37. The van der Waals surface area contributed by atoms with Crippen LogP contribution in [-0.4, -0.2) is 13.7 Å². The third-order valence-electron chi connectivity index (χ3n) is 3.14. The van der Waals surface area contributed by atoms with E-state index in [1.807, 2.05) is 13.0 Å². The minimum absolute atomic E-state index is 0.237. The van der Waals surface area contributed by atoms with E-state index in [0.29, 0.717) is 28.1 Å². The molecule has 0 aromatic heterocycles. The highest BCUT2D eigenvalue weighted by atomic mass is 79.9. The zero-order valence-corrected chi connectivity index (χ0v) is 14.4. The monoisotopic (exact) mass is 375 g/mol. The predicted octanol–water partition coefficient (Wildman–Crippen LogP) is 5.06. The van der Waals surface area contributed by atoms with Crippen molar-refractivity contribution in [1.29, 1.82) is 5.26 Å². The van der Waals surface area contributed by atoms with Crippen LogP contribution in [0.5, 0.6) is 11.5 Å². The van der Waals surface area contributed by atoms with Crippen molar-refractivity contribution in [1.82, 2.24) is 0 Å². The largest absolute Gasteiger partial charge is 0.493 e. The summed E-state index contributed by atoms with van der Waals surface area (Å²) < 4.78 is 25.4. The molecule has 5 heteroatoms. The molecular weight excluding hydrogens is 361 g/mol. The van der Waals surface area contributed by atoms with Crippen LogP contribution in [0.1, 0.15) is 18.1 Å². The lowest BCUT2D eigenvalue weighted by Gasteiger charge is -2.12. The highest BCUT2D eigenvalue weighted by Gasteiger charge is 2.12. The molecule has 0 fully saturated rings. The normalized spacial score (nSPS) is 11.0. The lowest BCUT2D eigenvalue weighted by atomic mass is 10.0. The van der Waals surface area contributed by atoms with Gasteiger partial charge in [-0.25, -0.2) is 4.39 Å². The van der Waals surface area contributed by atoms with Crippen molar-refractivity contribution < 1.29 is 13.9 Å². The summed E-state index contributed by atoms with van der Waals surface area (Å²) in [6.07, 6.45) is 1.61. The van der Waals surface area contributed by atoms with E-state index < -0.39 is 5.82 Å². The fraction of sp³-hybridized carbons (Fsp3) is 0.167. The van der Waals surface area contributed by atoms with Crippen LogP contribution in [0.15, 0.2) is 40.9 Å². The number of ether oxygens (including phenoxy) is 2. The van der Waals surface area contributed by atoms with Crippen LogP contribution < -0.4 is 9.47 Å². The number of rotatable bonds is 5. The second kappa shape index (κ2) is 7.80. The Balaban J connectivity index is 2.51. The van der Waals surface area contributed by atoms with Gasteiger partial charge in [-0.05, 0) is 52.7 Å². The first-order valence-electron chi connectivity index (χ1n) is 6.97. The summed E-state index contributed by atoms with van der Waals surface area (Å²) in [5.41, 5.74) is 1.21. The van der Waals surface area contributed by atoms with E-state index in [1.54, 1.807) is 43.5 Å². The quantitative estimate of drug-likeness (QED) is 0.541. The maximum absolute atomic E-state index is 13.9. The zero-order chi connectivity index (χ0) is 16.8. The number of benzene rings is 2. The van der Waals surface area contributed by atoms with Gasteiger partial charge in [0.1, 0.15) is 5.82 Å². The smallest absolute Gasteiger partial charge is 0.175 e. The van der Waals surface area contributed by atoms with Gasteiger partial charge in [0.05, 0.1) is 29.8 Å². The van der Waals surface area contributed by atoms with Crippen LogP contribution in [0, 0.1) is 17.1 Å². The Labute approximate surface area is 143 Å². The highest BCUT2D eigenvalue weighted by molar-refractivity contribution is 9.10. The molecule has 0 aliphatic rings. The summed E-state index contributed by atoms with van der Waals surface area (Å²) in [5.74, 6) is 0.701. The molecule has 0 amide bonds. The molecule has 0 heterocycles. The van der Waals surface area contributed by atoms with Crippen molar-refractivity contribution in [2.75, 3.05) is 13.7 Å². The van der Waals surface area contributed by atoms with Crippen LogP contribution in [0.2, 0.25) is 0 Å². The average molecular weight is 376 g/mol. The lowest BCUT2D eigenvalue weighted by Crippen LogP contribution is -1.97. The molecule has 0 radical (unpaired) electrons. The molecule has 0 saturated heterocycles. The molecule has 0 spiro atoms. The molecule has 0 unspecified atom stereocenters. The van der Waals surface area contributed by atoms with E-state index in [-0.39, 0.29) is 11.1 Å². The molecular formula is C18H15BrFNO2. The first-order valence-corrected chi connectivity index (χ1v) is 7.77. The molecule has 2 aromatic rings. The predicted molar refractivity (Wildman–Crippen MR) is 91.7 cm³/mol. The number of methoxy groups -OCH3 is 1. The summed E-state index contributed by atoms with van der Waals surface area (Å²) in [7, 11) is 1.54. The summed E-state index contributed by atoms with van der Waals surface area (Å²) >= 11 is 3.43. The van der Waals surface area contributed by atoms with Crippen LogP contribution in [-0.2, 0) is 0 Å². The van der Waals surface area contributed by atoms with E-state index in [1.165, 1.54) is 6.07 Å². The molecule has 0 N–H and O–H groups in total. The van der Waals surface area contributed by atoms with Gasteiger partial charge in [0, 0.05) is 5.56 Å². The van der Waals surface area contributed by atoms with Crippen LogP contribution in [0.4, 0.5) is 4.39 Å². The van der Waals surface area contributed by atoms with E-state index in [9.17, 15) is 9.65 Å². The van der Waals surface area contributed by atoms with E-state index in [4.69, 9.17) is 9.47 Å². The molecule has 0 saturated carbocycles. The van der Waals surface area contributed by atoms with Crippen molar-refractivity contribution in [2.45, 2.75) is 6.92 Å². The van der Waals surface area contributed by atoms with Crippen molar-refractivity contribution in [2.24, 2.45) is 0 Å². The molecule has 3 nitrogen and oxygen atoms in total. The number of hydrogen-bond acceptors (Lipinski definition) is 3. The Morgan fingerprint density at radius 1 is 1.35 bits per heavy atom. The Bertz CT molecular complexity index is 781. The first kappa shape index (κ1) is 17.0. The molecule has 23 heavy (non-hydrogen) atoms. The fourth-order valence-corrected chi connectivity index (χ4v) is 2.70. The van der Waals surface area contributed by atoms with Crippen molar-refractivity contribution >= 4 is 27.6 Å². The van der Waals surface area contributed by atoms with Crippen molar-refractivity contribution in [3.8, 4) is 17.6 Å². The number of hydrogen-bond donors (Lipinski definition) is 0. The van der Waals surface area contributed by atoms with Crippen LogP contribution in [0.25, 0.3) is 11.6 Å². The number of halogens is 2. The fourth-order valence-electron chi connectivity index (χ4n) is 2.12. The topological polar surface area (TPSA) is 42.2 Å². The van der Waals surface area contributed by atoms with Crippen LogP contribution >= 0.6 is 15.9 Å². The second-order valence-corrected chi connectivity index (χ2v) is 5.47. The molecule has 0 atom stereocenters. The zero-order valence-electron chi connectivity index (χ0n) is 12.8. The third-order valence-corrected chi connectivity index (χ3v) is 3.72. The molecule has 0 aliphatic carbocycles. The number of nitriles is 1. The molecule has 2 aromatic carbocycles. The van der Waals surface area contributed by atoms with Gasteiger partial charge in [-0.3, -0.25) is 0 Å². The number of nitrogens with zero attached hydrogens (tertiary/aromatic N) is 1. The van der Waals surface area contributed by atoms with Crippen molar-refractivity contribution in [3.05, 3.63) is 57.8 Å². The minimum Gasteiger partial charge on any atom is -0.493 e. The summed E-state index contributed by atoms with van der Waals surface area (Å²) in [6.45, 7) is 2.38. The third kappa shape index (κ3) is 3.91. The van der Waals surface area contributed by atoms with Gasteiger partial charge in [0.2, 0.25) is 0 Å². The van der Waals surface area contributed by atoms with Crippen molar-refractivity contribution in [3.63, 3.8) is 0 Å². The van der Waals surface area contributed by atoms with Gasteiger partial charge >= 0.3 is 0 Å². The maximum atomic E-state index is 13.9. The summed E-state index contributed by atoms with van der Waals surface area (Å²) in [6, 6.07) is 11.8. The number of allylic oxidation sites excluding steroid dienone is 1. The Morgan fingerprint density at radius 3 is 2.70 bits per heavy atom. The standard InChI is InChI=1S/C18H15BrFNO2/c1-3-23-18-15(19)9-12(10-17(18)22-2)8-13(11-21)14-6-4-5-7-16(14)20/h4-10H,3H2,1-2H3/b13-8-. The second-order valence-electron chi connectivity index (χ2n) is 4.62. The van der Waals surface area contributed by atoms with Gasteiger partial charge in [0.15, 0.2) is 11.5 Å². The van der Waals surface area contributed by atoms with E-state index in [0.717, 1.165) is 0 Å². The molecule has 2 rings (SSSR count). The summed E-state index contributed by atoms with van der Waals surface area (Å²) in [5, 5.41) is 9.35. The maximum Gasteiger partial charge on any atom is 0.175 e.